The molecule has 1 saturated carbocycles. The number of halogens is 1. The van der Waals surface area contributed by atoms with E-state index in [4.69, 9.17) is 0 Å². The highest BCUT2D eigenvalue weighted by atomic mass is 79.9. The van der Waals surface area contributed by atoms with E-state index >= 15 is 0 Å². The summed E-state index contributed by atoms with van der Waals surface area (Å²) < 4.78 is 27.4. The molecule has 1 aliphatic heterocycles. The summed E-state index contributed by atoms with van der Waals surface area (Å²) in [6, 6.07) is 6.70. The van der Waals surface area contributed by atoms with Crippen LogP contribution in [0.1, 0.15) is 12.8 Å². The fourth-order valence-corrected chi connectivity index (χ4v) is 4.95. The van der Waals surface area contributed by atoms with Gasteiger partial charge in [0.25, 0.3) is 0 Å². The maximum absolute atomic E-state index is 12.5. The molecule has 1 heterocycles. The van der Waals surface area contributed by atoms with Crippen molar-refractivity contribution in [2.24, 2.45) is 11.8 Å². The van der Waals surface area contributed by atoms with E-state index < -0.39 is 10.0 Å². The van der Waals surface area contributed by atoms with Crippen LogP contribution in [0.15, 0.2) is 33.6 Å². The number of aliphatic hydroxyl groups is 1. The molecule has 0 radical (unpaired) electrons. The Labute approximate surface area is 121 Å². The predicted octanol–water partition coefficient (Wildman–Crippen LogP) is 1.84. The summed E-state index contributed by atoms with van der Waals surface area (Å²) in [5, 5.41) is 9.86. The smallest absolute Gasteiger partial charge is 0.243 e. The highest BCUT2D eigenvalue weighted by Crippen LogP contribution is 2.40. The van der Waals surface area contributed by atoms with Gasteiger partial charge in [-0.3, -0.25) is 0 Å². The third kappa shape index (κ3) is 2.35. The molecule has 0 aromatic heterocycles. The van der Waals surface area contributed by atoms with Crippen LogP contribution < -0.4 is 0 Å². The van der Waals surface area contributed by atoms with Gasteiger partial charge in [0.2, 0.25) is 10.0 Å². The Morgan fingerprint density at radius 3 is 2.47 bits per heavy atom. The fraction of sp³-hybridized carbons (Fsp3) is 0.538. The molecule has 104 valence electrons. The van der Waals surface area contributed by atoms with Crippen molar-refractivity contribution < 1.29 is 13.5 Å². The van der Waals surface area contributed by atoms with Crippen molar-refractivity contribution in [3.63, 3.8) is 0 Å². The zero-order chi connectivity index (χ0) is 13.6. The van der Waals surface area contributed by atoms with Crippen LogP contribution in [0.3, 0.4) is 0 Å². The van der Waals surface area contributed by atoms with E-state index in [0.29, 0.717) is 23.9 Å². The van der Waals surface area contributed by atoms with E-state index in [1.165, 1.54) is 4.31 Å². The SMILES string of the molecule is O=S(=O)(c1ccc(Br)cc1)N1CC2CCC(O)C2C1. The summed E-state index contributed by atoms with van der Waals surface area (Å²) in [4.78, 5) is 0.324. The molecule has 1 saturated heterocycles. The third-order valence-electron chi connectivity index (χ3n) is 4.24. The van der Waals surface area contributed by atoms with Crippen molar-refractivity contribution in [1.29, 1.82) is 0 Å². The first-order chi connectivity index (χ1) is 8.98. The van der Waals surface area contributed by atoms with Gasteiger partial charge in [-0.2, -0.15) is 4.31 Å². The van der Waals surface area contributed by atoms with E-state index in [9.17, 15) is 13.5 Å². The van der Waals surface area contributed by atoms with E-state index in [-0.39, 0.29) is 12.0 Å². The van der Waals surface area contributed by atoms with Gasteiger partial charge in [0.1, 0.15) is 0 Å². The lowest BCUT2D eigenvalue weighted by Gasteiger charge is -2.18. The number of hydrogen-bond acceptors (Lipinski definition) is 3. The van der Waals surface area contributed by atoms with Crippen molar-refractivity contribution in [3.8, 4) is 0 Å². The fourth-order valence-electron chi connectivity index (χ4n) is 3.15. The number of sulfonamides is 1. The molecule has 6 heteroatoms. The van der Waals surface area contributed by atoms with Gasteiger partial charge in [-0.15, -0.1) is 0 Å². The molecular weight excluding hydrogens is 330 g/mol. The van der Waals surface area contributed by atoms with Gasteiger partial charge >= 0.3 is 0 Å². The zero-order valence-corrected chi connectivity index (χ0v) is 12.8. The van der Waals surface area contributed by atoms with Crippen LogP contribution in [0, 0.1) is 11.8 Å². The lowest BCUT2D eigenvalue weighted by Crippen LogP contribution is -2.31. The molecule has 0 bridgehead atoms. The van der Waals surface area contributed by atoms with Gasteiger partial charge in [0, 0.05) is 23.5 Å². The number of hydrogen-bond donors (Lipinski definition) is 1. The first-order valence-corrected chi connectivity index (χ1v) is 8.65. The van der Waals surface area contributed by atoms with Crippen LogP contribution in [-0.2, 0) is 10.0 Å². The molecule has 2 fully saturated rings. The van der Waals surface area contributed by atoms with Crippen LogP contribution in [0.25, 0.3) is 0 Å². The van der Waals surface area contributed by atoms with Crippen molar-refractivity contribution in [2.75, 3.05) is 13.1 Å². The van der Waals surface area contributed by atoms with Gasteiger partial charge < -0.3 is 5.11 Å². The largest absolute Gasteiger partial charge is 0.393 e. The van der Waals surface area contributed by atoms with E-state index in [1.807, 2.05) is 0 Å². The Hall–Kier alpha value is -0.430. The molecule has 3 unspecified atom stereocenters. The number of rotatable bonds is 2. The Morgan fingerprint density at radius 1 is 1.16 bits per heavy atom. The third-order valence-corrected chi connectivity index (χ3v) is 6.61. The molecule has 1 aliphatic carbocycles. The molecular formula is C13H16BrNO3S. The Balaban J connectivity index is 1.84. The van der Waals surface area contributed by atoms with Crippen molar-refractivity contribution in [3.05, 3.63) is 28.7 Å². The zero-order valence-electron chi connectivity index (χ0n) is 10.4. The second-order valence-electron chi connectivity index (χ2n) is 5.34. The highest BCUT2D eigenvalue weighted by molar-refractivity contribution is 9.10. The standard InChI is InChI=1S/C13H16BrNO3S/c14-10-2-4-11(5-3-10)19(17,18)15-7-9-1-6-13(16)12(9)8-15/h2-5,9,12-13,16H,1,6-8H2. The molecule has 2 aliphatic rings. The van der Waals surface area contributed by atoms with Gasteiger partial charge in [-0.1, -0.05) is 15.9 Å². The molecule has 1 aromatic carbocycles. The summed E-state index contributed by atoms with van der Waals surface area (Å²) in [7, 11) is -3.42. The van der Waals surface area contributed by atoms with Crippen LogP contribution in [0.4, 0.5) is 0 Å². The molecule has 19 heavy (non-hydrogen) atoms. The average molecular weight is 346 g/mol. The van der Waals surface area contributed by atoms with Crippen molar-refractivity contribution in [2.45, 2.75) is 23.8 Å². The van der Waals surface area contributed by atoms with E-state index in [2.05, 4.69) is 15.9 Å². The minimum atomic E-state index is -3.42. The van der Waals surface area contributed by atoms with Crippen LogP contribution in [0.2, 0.25) is 0 Å². The molecule has 0 amide bonds. The Morgan fingerprint density at radius 2 is 1.84 bits per heavy atom. The summed E-state index contributed by atoms with van der Waals surface area (Å²) in [6.07, 6.45) is 1.40. The summed E-state index contributed by atoms with van der Waals surface area (Å²) in [6.45, 7) is 0.990. The number of fused-ring (bicyclic) bond motifs is 1. The second-order valence-corrected chi connectivity index (χ2v) is 8.20. The first-order valence-electron chi connectivity index (χ1n) is 6.42. The van der Waals surface area contributed by atoms with Crippen LogP contribution >= 0.6 is 15.9 Å². The molecule has 1 aromatic rings. The van der Waals surface area contributed by atoms with Gasteiger partial charge in [0.05, 0.1) is 11.0 Å². The first kappa shape index (κ1) is 13.5. The Kier molecular flexibility index (Phi) is 3.45. The molecule has 0 spiro atoms. The monoisotopic (exact) mass is 345 g/mol. The molecule has 3 rings (SSSR count). The number of aliphatic hydroxyl groups excluding tert-OH is 1. The normalized spacial score (nSPS) is 31.6. The maximum Gasteiger partial charge on any atom is 0.243 e. The number of benzene rings is 1. The lowest BCUT2D eigenvalue weighted by atomic mass is 10.00. The summed E-state index contributed by atoms with van der Waals surface area (Å²) >= 11 is 3.30. The minimum absolute atomic E-state index is 0.116. The van der Waals surface area contributed by atoms with E-state index in [1.54, 1.807) is 24.3 Å². The van der Waals surface area contributed by atoms with Crippen molar-refractivity contribution in [1.82, 2.24) is 4.31 Å². The molecule has 4 nitrogen and oxygen atoms in total. The highest BCUT2D eigenvalue weighted by Gasteiger charge is 2.45. The molecule has 1 N–H and O–H groups in total. The topological polar surface area (TPSA) is 57.6 Å². The van der Waals surface area contributed by atoms with Gasteiger partial charge in [-0.25, -0.2) is 8.42 Å². The maximum atomic E-state index is 12.5. The Bertz CT molecular complexity index is 572. The summed E-state index contributed by atoms with van der Waals surface area (Å²) in [5.41, 5.74) is 0. The number of nitrogens with zero attached hydrogens (tertiary/aromatic N) is 1. The summed E-state index contributed by atoms with van der Waals surface area (Å²) in [5.74, 6) is 0.436. The van der Waals surface area contributed by atoms with Crippen molar-refractivity contribution >= 4 is 26.0 Å². The van der Waals surface area contributed by atoms with E-state index in [0.717, 1.165) is 17.3 Å². The van der Waals surface area contributed by atoms with Gasteiger partial charge in [0.15, 0.2) is 0 Å². The minimum Gasteiger partial charge on any atom is -0.393 e. The molecule has 3 atom stereocenters. The van der Waals surface area contributed by atoms with Gasteiger partial charge in [-0.05, 0) is 43.0 Å². The average Bonchev–Trinajstić information content (AvgIpc) is 2.93. The second kappa shape index (κ2) is 4.84. The quantitative estimate of drug-likeness (QED) is 0.889. The predicted molar refractivity (Wildman–Crippen MR) is 75.1 cm³/mol. The van der Waals surface area contributed by atoms with Crippen LogP contribution in [0.5, 0.6) is 0 Å². The lowest BCUT2D eigenvalue weighted by molar-refractivity contribution is 0.129. The van der Waals surface area contributed by atoms with Crippen LogP contribution in [-0.4, -0.2) is 37.0 Å².